The first-order chi connectivity index (χ1) is 15.2. The second-order valence-electron chi connectivity index (χ2n) is 8.12. The summed E-state index contributed by atoms with van der Waals surface area (Å²) < 4.78 is 13.2. The van der Waals surface area contributed by atoms with Gasteiger partial charge in [0.15, 0.2) is 17.3 Å². The van der Waals surface area contributed by atoms with E-state index in [4.69, 9.17) is 9.47 Å². The second-order valence-corrected chi connectivity index (χ2v) is 8.12. The summed E-state index contributed by atoms with van der Waals surface area (Å²) in [7, 11) is 0. The van der Waals surface area contributed by atoms with Crippen LogP contribution in [0.5, 0.6) is 11.5 Å². The van der Waals surface area contributed by atoms with Crippen LogP contribution >= 0.6 is 0 Å². The molecule has 0 radical (unpaired) electrons. The summed E-state index contributed by atoms with van der Waals surface area (Å²) in [5.41, 5.74) is 1.15. The zero-order valence-electron chi connectivity index (χ0n) is 17.3. The molecule has 0 atom stereocenters. The Balaban J connectivity index is 1.40. The monoisotopic (exact) mass is 426 g/mol. The Kier molecular flexibility index (Phi) is 5.56. The minimum atomic E-state index is -0.164. The van der Waals surface area contributed by atoms with Crippen molar-refractivity contribution >= 4 is 10.9 Å². The fourth-order valence-electron chi connectivity index (χ4n) is 4.45. The Morgan fingerprint density at radius 3 is 2.68 bits per heavy atom. The van der Waals surface area contributed by atoms with Gasteiger partial charge in [0.2, 0.25) is 0 Å². The lowest BCUT2D eigenvalue weighted by Gasteiger charge is -2.22. The molecule has 3 aromatic rings. The molecule has 3 heterocycles. The number of tetrazole rings is 1. The van der Waals surface area contributed by atoms with Crippen LogP contribution in [-0.4, -0.2) is 61.6 Å². The van der Waals surface area contributed by atoms with Gasteiger partial charge in [0.1, 0.15) is 13.2 Å². The zero-order chi connectivity index (χ0) is 21.2. The van der Waals surface area contributed by atoms with Gasteiger partial charge in [0.25, 0.3) is 5.56 Å². The molecule has 1 aliphatic heterocycles. The van der Waals surface area contributed by atoms with Crippen molar-refractivity contribution in [3.05, 3.63) is 39.9 Å². The number of pyridine rings is 1. The largest absolute Gasteiger partial charge is 0.486 e. The topological polar surface area (TPSA) is 118 Å². The molecule has 0 unspecified atom stereocenters. The maximum atomic E-state index is 12.8. The minimum absolute atomic E-state index is 0.0187. The molecule has 164 valence electrons. The van der Waals surface area contributed by atoms with Gasteiger partial charge >= 0.3 is 0 Å². The van der Waals surface area contributed by atoms with E-state index in [0.717, 1.165) is 24.1 Å². The number of aromatic amines is 1. The summed E-state index contributed by atoms with van der Waals surface area (Å²) in [5.74, 6) is 2.08. The van der Waals surface area contributed by atoms with E-state index in [0.29, 0.717) is 61.5 Å². The standard InChI is InChI=1S/C21H26N6O4/c28-6-5-26(13-20-23-24-25-27(20)16-3-1-2-4-16)12-15-9-14-10-18-19(31-8-7-30-18)11-17(14)22-21(15)29/h9-11,16,28H,1-8,12-13H2,(H,22,29). The van der Waals surface area contributed by atoms with Gasteiger partial charge in [-0.05, 0) is 35.4 Å². The fourth-order valence-corrected chi connectivity index (χ4v) is 4.45. The van der Waals surface area contributed by atoms with E-state index in [-0.39, 0.29) is 12.2 Å². The number of benzene rings is 1. The molecule has 1 saturated carbocycles. The van der Waals surface area contributed by atoms with Crippen molar-refractivity contribution in [3.8, 4) is 11.5 Å². The first-order valence-corrected chi connectivity index (χ1v) is 10.8. The molecule has 0 saturated heterocycles. The quantitative estimate of drug-likeness (QED) is 0.582. The molecule has 1 aromatic carbocycles. The highest BCUT2D eigenvalue weighted by Gasteiger charge is 2.23. The van der Waals surface area contributed by atoms with Crippen molar-refractivity contribution in [2.45, 2.75) is 44.8 Å². The zero-order valence-corrected chi connectivity index (χ0v) is 17.3. The summed E-state index contributed by atoms with van der Waals surface area (Å²) in [6.45, 7) is 2.23. The maximum absolute atomic E-state index is 12.8. The number of aromatic nitrogens is 5. The van der Waals surface area contributed by atoms with E-state index < -0.39 is 0 Å². The molecule has 0 spiro atoms. The molecule has 10 nitrogen and oxygen atoms in total. The third-order valence-corrected chi connectivity index (χ3v) is 5.99. The number of H-pyrrole nitrogens is 1. The molecular weight excluding hydrogens is 400 g/mol. The number of hydrogen-bond donors (Lipinski definition) is 2. The van der Waals surface area contributed by atoms with E-state index >= 15 is 0 Å². The van der Waals surface area contributed by atoms with Crippen molar-refractivity contribution in [3.63, 3.8) is 0 Å². The molecule has 1 aliphatic carbocycles. The van der Waals surface area contributed by atoms with Crippen molar-refractivity contribution < 1.29 is 14.6 Å². The van der Waals surface area contributed by atoms with Gasteiger partial charge in [-0.3, -0.25) is 9.69 Å². The number of aliphatic hydroxyl groups is 1. The van der Waals surface area contributed by atoms with Crippen molar-refractivity contribution in [1.29, 1.82) is 0 Å². The Morgan fingerprint density at radius 2 is 1.90 bits per heavy atom. The van der Waals surface area contributed by atoms with Crippen LogP contribution in [0.25, 0.3) is 10.9 Å². The predicted octanol–water partition coefficient (Wildman–Crippen LogP) is 1.40. The number of fused-ring (bicyclic) bond motifs is 2. The summed E-state index contributed by atoms with van der Waals surface area (Å²) in [6, 6.07) is 5.89. The lowest BCUT2D eigenvalue weighted by Crippen LogP contribution is -2.31. The van der Waals surface area contributed by atoms with Crippen LogP contribution in [0.4, 0.5) is 0 Å². The third kappa shape index (κ3) is 4.13. The van der Waals surface area contributed by atoms with Crippen LogP contribution in [0.2, 0.25) is 0 Å². The number of ether oxygens (including phenoxy) is 2. The molecule has 31 heavy (non-hydrogen) atoms. The van der Waals surface area contributed by atoms with E-state index in [9.17, 15) is 9.90 Å². The Bertz CT molecular complexity index is 1120. The molecule has 2 aromatic heterocycles. The third-order valence-electron chi connectivity index (χ3n) is 5.99. The number of aliphatic hydroxyl groups excluding tert-OH is 1. The van der Waals surface area contributed by atoms with Gasteiger partial charge in [-0.2, -0.15) is 0 Å². The van der Waals surface area contributed by atoms with E-state index in [1.165, 1.54) is 12.8 Å². The number of rotatable bonds is 7. The van der Waals surface area contributed by atoms with Crippen LogP contribution < -0.4 is 15.0 Å². The molecule has 2 N–H and O–H groups in total. The van der Waals surface area contributed by atoms with Crippen molar-refractivity contribution in [1.82, 2.24) is 30.1 Å². The summed E-state index contributed by atoms with van der Waals surface area (Å²) in [4.78, 5) is 17.7. The molecule has 1 fully saturated rings. The molecular formula is C21H26N6O4. The SMILES string of the molecule is O=c1[nH]c2cc3c(cc2cc1CN(CCO)Cc1nnnn1C1CCCC1)OCCO3. The van der Waals surface area contributed by atoms with Crippen LogP contribution in [0, 0.1) is 0 Å². The molecule has 0 amide bonds. The van der Waals surface area contributed by atoms with E-state index in [1.807, 2.05) is 21.7 Å². The molecule has 2 aliphatic rings. The van der Waals surface area contributed by atoms with Gasteiger partial charge < -0.3 is 19.6 Å². The number of nitrogens with zero attached hydrogens (tertiary/aromatic N) is 5. The summed E-state index contributed by atoms with van der Waals surface area (Å²) >= 11 is 0. The van der Waals surface area contributed by atoms with Crippen molar-refractivity contribution in [2.24, 2.45) is 0 Å². The van der Waals surface area contributed by atoms with E-state index in [2.05, 4.69) is 20.5 Å². The lowest BCUT2D eigenvalue weighted by atomic mass is 10.1. The highest BCUT2D eigenvalue weighted by Crippen LogP contribution is 2.34. The van der Waals surface area contributed by atoms with Crippen LogP contribution in [0.15, 0.2) is 23.0 Å². The van der Waals surface area contributed by atoms with Gasteiger partial charge in [-0.25, -0.2) is 4.68 Å². The van der Waals surface area contributed by atoms with Crippen LogP contribution in [-0.2, 0) is 13.1 Å². The average Bonchev–Trinajstić information content (AvgIpc) is 3.45. The van der Waals surface area contributed by atoms with Crippen LogP contribution in [0.1, 0.15) is 43.1 Å². The first kappa shape index (κ1) is 20.0. The van der Waals surface area contributed by atoms with Gasteiger partial charge in [-0.1, -0.05) is 12.8 Å². The van der Waals surface area contributed by atoms with Crippen LogP contribution in [0.3, 0.4) is 0 Å². The maximum Gasteiger partial charge on any atom is 0.252 e. The van der Waals surface area contributed by atoms with Gasteiger partial charge in [-0.15, -0.1) is 5.10 Å². The fraction of sp³-hybridized carbons (Fsp3) is 0.524. The Labute approximate surface area is 178 Å². The summed E-state index contributed by atoms with van der Waals surface area (Å²) in [5, 5.41) is 22.7. The van der Waals surface area contributed by atoms with Crippen molar-refractivity contribution in [2.75, 3.05) is 26.4 Å². The minimum Gasteiger partial charge on any atom is -0.486 e. The van der Waals surface area contributed by atoms with E-state index in [1.54, 1.807) is 6.07 Å². The molecule has 5 rings (SSSR count). The van der Waals surface area contributed by atoms with Gasteiger partial charge in [0.05, 0.1) is 24.7 Å². The highest BCUT2D eigenvalue weighted by molar-refractivity contribution is 5.83. The highest BCUT2D eigenvalue weighted by atomic mass is 16.6. The smallest absolute Gasteiger partial charge is 0.252 e. The lowest BCUT2D eigenvalue weighted by molar-refractivity contribution is 0.172. The number of hydrogen-bond acceptors (Lipinski definition) is 8. The second kappa shape index (κ2) is 8.64. The number of nitrogens with one attached hydrogen (secondary N) is 1. The Hall–Kier alpha value is -2.98. The normalized spacial score (nSPS) is 16.5. The first-order valence-electron chi connectivity index (χ1n) is 10.8. The Morgan fingerprint density at radius 1 is 1.13 bits per heavy atom. The molecule has 10 heteroatoms. The summed E-state index contributed by atoms with van der Waals surface area (Å²) in [6.07, 6.45) is 4.54. The predicted molar refractivity (Wildman–Crippen MR) is 112 cm³/mol. The van der Waals surface area contributed by atoms with Gasteiger partial charge in [0, 0.05) is 30.1 Å². The molecule has 0 bridgehead atoms. The average molecular weight is 426 g/mol.